The summed E-state index contributed by atoms with van der Waals surface area (Å²) in [5, 5.41) is 4.34. The summed E-state index contributed by atoms with van der Waals surface area (Å²) in [6.07, 6.45) is 3.23. The van der Waals surface area contributed by atoms with Crippen LogP contribution in [-0.4, -0.2) is 21.0 Å². The molecular weight excluding hydrogens is 314 g/mol. The van der Waals surface area contributed by atoms with E-state index in [1.807, 2.05) is 6.07 Å². The van der Waals surface area contributed by atoms with Gasteiger partial charge in [0.1, 0.15) is 0 Å². The highest BCUT2D eigenvalue weighted by atomic mass is 28.4. The zero-order chi connectivity index (χ0) is 17.8. The van der Waals surface area contributed by atoms with E-state index < -0.39 is 8.32 Å². The first-order chi connectivity index (χ1) is 11.3. The van der Waals surface area contributed by atoms with Gasteiger partial charge < -0.3 is 4.43 Å². The van der Waals surface area contributed by atoms with Gasteiger partial charge in [0, 0.05) is 17.6 Å². The molecule has 1 fully saturated rings. The number of azide groups is 1. The van der Waals surface area contributed by atoms with Crippen LogP contribution in [0.5, 0.6) is 0 Å². The number of benzene rings is 1. The van der Waals surface area contributed by atoms with Crippen LogP contribution in [0.4, 0.5) is 0 Å². The van der Waals surface area contributed by atoms with Crippen molar-refractivity contribution in [1.29, 1.82) is 0 Å². The number of rotatable bonds is 5. The fourth-order valence-corrected chi connectivity index (χ4v) is 4.41. The lowest BCUT2D eigenvalue weighted by Gasteiger charge is -2.41. The molecule has 1 aromatic rings. The van der Waals surface area contributed by atoms with Crippen LogP contribution in [0.15, 0.2) is 35.4 Å². The maximum atomic E-state index is 8.97. The van der Waals surface area contributed by atoms with Crippen molar-refractivity contribution in [1.82, 2.24) is 0 Å². The summed E-state index contributed by atoms with van der Waals surface area (Å²) in [5.74, 6) is 0.686. The van der Waals surface area contributed by atoms with E-state index in [0.717, 1.165) is 25.9 Å². The van der Waals surface area contributed by atoms with Gasteiger partial charge in [0.05, 0.1) is 0 Å². The molecule has 5 heteroatoms. The molecule has 24 heavy (non-hydrogen) atoms. The third kappa shape index (κ3) is 4.41. The first-order valence-corrected chi connectivity index (χ1v) is 11.9. The summed E-state index contributed by atoms with van der Waals surface area (Å²) in [7, 11) is -1.76. The molecule has 0 bridgehead atoms. The summed E-state index contributed by atoms with van der Waals surface area (Å²) in [6, 6.07) is 10.5. The Balaban J connectivity index is 2.21. The van der Waals surface area contributed by atoms with Gasteiger partial charge in [0.15, 0.2) is 8.32 Å². The maximum Gasteiger partial charge on any atom is 0.191 e. The fraction of sp³-hybridized carbons (Fsp3) is 0.684. The van der Waals surface area contributed by atoms with Crippen molar-refractivity contribution in [3.63, 3.8) is 0 Å². The van der Waals surface area contributed by atoms with Crippen LogP contribution < -0.4 is 0 Å². The molecule has 1 saturated carbocycles. The van der Waals surface area contributed by atoms with Crippen LogP contribution in [0.2, 0.25) is 18.1 Å². The van der Waals surface area contributed by atoms with Crippen LogP contribution in [0.1, 0.15) is 51.5 Å². The van der Waals surface area contributed by atoms with Crippen molar-refractivity contribution in [2.45, 2.75) is 70.1 Å². The van der Waals surface area contributed by atoms with Gasteiger partial charge in [-0.25, -0.2) is 0 Å². The minimum atomic E-state index is -1.76. The Morgan fingerprint density at radius 1 is 1.21 bits per heavy atom. The monoisotopic (exact) mass is 345 g/mol. The highest BCUT2D eigenvalue weighted by Gasteiger charge is 2.40. The molecule has 4 nitrogen and oxygen atoms in total. The third-order valence-electron chi connectivity index (χ3n) is 5.85. The zero-order valence-electron chi connectivity index (χ0n) is 15.7. The van der Waals surface area contributed by atoms with Crippen LogP contribution in [0.3, 0.4) is 0 Å². The average Bonchev–Trinajstić information content (AvgIpc) is 2.53. The third-order valence-corrected chi connectivity index (χ3v) is 10.3. The molecule has 0 aliphatic heterocycles. The van der Waals surface area contributed by atoms with E-state index in [1.54, 1.807) is 0 Å². The Kier molecular flexibility index (Phi) is 6.13. The van der Waals surface area contributed by atoms with Crippen LogP contribution in [0.25, 0.3) is 10.4 Å². The minimum absolute atomic E-state index is 0.0409. The Labute approximate surface area is 147 Å². The molecule has 132 valence electrons. The van der Waals surface area contributed by atoms with Crippen molar-refractivity contribution >= 4 is 8.32 Å². The van der Waals surface area contributed by atoms with Gasteiger partial charge in [-0.2, -0.15) is 0 Å². The molecule has 0 aromatic heterocycles. The lowest BCUT2D eigenvalue weighted by atomic mass is 9.73. The van der Waals surface area contributed by atoms with E-state index in [2.05, 4.69) is 68.2 Å². The first-order valence-electron chi connectivity index (χ1n) is 8.99. The fourth-order valence-electron chi connectivity index (χ4n) is 3.35. The van der Waals surface area contributed by atoms with Gasteiger partial charge in [-0.15, -0.1) is 0 Å². The molecular formula is C19H31N3OSi. The molecule has 0 unspecified atom stereocenters. The Bertz CT molecular complexity index is 576. The lowest BCUT2D eigenvalue weighted by Crippen LogP contribution is -2.43. The number of hydrogen-bond donors (Lipinski definition) is 0. The van der Waals surface area contributed by atoms with E-state index in [0.29, 0.717) is 5.92 Å². The van der Waals surface area contributed by atoms with E-state index in [4.69, 9.17) is 9.96 Å². The quantitative estimate of drug-likeness (QED) is 0.268. The van der Waals surface area contributed by atoms with E-state index >= 15 is 0 Å². The van der Waals surface area contributed by atoms with Crippen molar-refractivity contribution in [2.75, 3.05) is 6.61 Å². The molecule has 0 amide bonds. The summed E-state index contributed by atoms with van der Waals surface area (Å²) in [6.45, 7) is 12.2. The highest BCUT2D eigenvalue weighted by Crippen LogP contribution is 2.42. The second-order valence-corrected chi connectivity index (χ2v) is 13.3. The van der Waals surface area contributed by atoms with Crippen molar-refractivity contribution in [2.24, 2.45) is 11.0 Å². The van der Waals surface area contributed by atoms with E-state index in [1.165, 1.54) is 5.56 Å². The minimum Gasteiger partial charge on any atom is -0.417 e. The van der Waals surface area contributed by atoms with Gasteiger partial charge in [-0.05, 0) is 53.9 Å². The molecule has 3 atom stereocenters. The molecule has 2 rings (SSSR count). The summed E-state index contributed by atoms with van der Waals surface area (Å²) < 4.78 is 6.52. The Morgan fingerprint density at radius 2 is 1.88 bits per heavy atom. The second kappa shape index (κ2) is 7.73. The van der Waals surface area contributed by atoms with Gasteiger partial charge in [0.25, 0.3) is 0 Å². The molecule has 0 saturated heterocycles. The summed E-state index contributed by atoms with van der Waals surface area (Å²) >= 11 is 0. The molecule has 1 aliphatic rings. The highest BCUT2D eigenvalue weighted by molar-refractivity contribution is 6.74. The van der Waals surface area contributed by atoms with Crippen molar-refractivity contribution in [3.8, 4) is 0 Å². The molecule has 0 N–H and O–H groups in total. The van der Waals surface area contributed by atoms with Crippen molar-refractivity contribution < 1.29 is 4.43 Å². The van der Waals surface area contributed by atoms with E-state index in [-0.39, 0.29) is 17.0 Å². The maximum absolute atomic E-state index is 8.97. The van der Waals surface area contributed by atoms with Crippen LogP contribution in [-0.2, 0) is 4.43 Å². The topological polar surface area (TPSA) is 58.0 Å². The molecule has 1 aromatic carbocycles. The van der Waals surface area contributed by atoms with Crippen LogP contribution >= 0.6 is 0 Å². The largest absolute Gasteiger partial charge is 0.417 e. The SMILES string of the molecule is CC(C)(C)[Si](C)(C)OC[C@H]1CCC[C@H](N=[N+]=[N-])[C@@H]1c1ccccc1. The average molecular weight is 346 g/mol. The molecule has 1 aliphatic carbocycles. The van der Waals surface area contributed by atoms with Gasteiger partial charge >= 0.3 is 0 Å². The molecule has 0 radical (unpaired) electrons. The Morgan fingerprint density at radius 3 is 2.46 bits per heavy atom. The van der Waals surface area contributed by atoms with Gasteiger partial charge in [-0.3, -0.25) is 0 Å². The number of nitrogens with zero attached hydrogens (tertiary/aromatic N) is 3. The normalized spacial score (nSPS) is 25.1. The van der Waals surface area contributed by atoms with Crippen molar-refractivity contribution in [3.05, 3.63) is 46.3 Å². The van der Waals surface area contributed by atoms with Gasteiger partial charge in [-0.1, -0.05) is 62.6 Å². The first kappa shape index (κ1) is 19.0. The molecule has 0 spiro atoms. The number of hydrogen-bond acceptors (Lipinski definition) is 2. The summed E-state index contributed by atoms with van der Waals surface area (Å²) in [4.78, 5) is 3.11. The standard InChI is InChI=1S/C19H31N3OSi/c1-19(2,3)24(4,5)23-14-16-12-9-13-17(21-22-20)18(16)15-10-7-6-8-11-15/h6-8,10-11,16-18H,9,12-14H2,1-5H3/t16-,17+,18-/m1/s1. The van der Waals surface area contributed by atoms with Gasteiger partial charge in [0.2, 0.25) is 0 Å². The lowest BCUT2D eigenvalue weighted by molar-refractivity contribution is 0.161. The predicted molar refractivity (Wildman–Crippen MR) is 103 cm³/mol. The molecule has 0 heterocycles. The smallest absolute Gasteiger partial charge is 0.191 e. The zero-order valence-corrected chi connectivity index (χ0v) is 16.7. The Hall–Kier alpha value is -1.29. The summed E-state index contributed by atoms with van der Waals surface area (Å²) in [5.41, 5.74) is 10.2. The van der Waals surface area contributed by atoms with E-state index in [9.17, 15) is 0 Å². The predicted octanol–water partition coefficient (Wildman–Crippen LogP) is 6.27. The van der Waals surface area contributed by atoms with Crippen LogP contribution in [0, 0.1) is 5.92 Å². The second-order valence-electron chi connectivity index (χ2n) is 8.47.